The van der Waals surface area contributed by atoms with Gasteiger partial charge in [-0.25, -0.2) is 0 Å². The highest BCUT2D eigenvalue weighted by molar-refractivity contribution is 5.92. The molecule has 0 aromatic carbocycles. The highest BCUT2D eigenvalue weighted by atomic mass is 16.3. The van der Waals surface area contributed by atoms with E-state index in [0.717, 1.165) is 0 Å². The summed E-state index contributed by atoms with van der Waals surface area (Å²) in [7, 11) is 0. The van der Waals surface area contributed by atoms with Gasteiger partial charge in [0.2, 0.25) is 0 Å². The molecule has 1 aliphatic heterocycles. The van der Waals surface area contributed by atoms with Crippen LogP contribution in [0.4, 0.5) is 0 Å². The Labute approximate surface area is 70.2 Å². The Kier molecular flexibility index (Phi) is 2.40. The highest BCUT2D eigenvalue weighted by Crippen LogP contribution is 2.25. The summed E-state index contributed by atoms with van der Waals surface area (Å²) in [5.74, 6) is 0. The Balaban J connectivity index is 3.00. The molecule has 0 fully saturated rings. The van der Waals surface area contributed by atoms with Crippen molar-refractivity contribution in [3.8, 4) is 0 Å². The van der Waals surface area contributed by atoms with Crippen LogP contribution >= 0.6 is 0 Å². The molecule has 0 radical (unpaired) electrons. The van der Waals surface area contributed by atoms with Crippen LogP contribution in [0, 0.1) is 5.41 Å². The third kappa shape index (κ3) is 1.19. The Hall–Kier alpha value is -1.00. The first-order valence-electron chi connectivity index (χ1n) is 3.63. The Morgan fingerprint density at radius 3 is 2.92 bits per heavy atom. The molecule has 12 heavy (non-hydrogen) atoms. The standard InChI is InChI=1S/C8H11NO3/c1-6-7(12)8(4-10,5-11)2-3-9-6/h2-4,7,11-12H,5H2,1H3. The van der Waals surface area contributed by atoms with Crippen LogP contribution in [0.2, 0.25) is 0 Å². The molecule has 0 amide bonds. The van der Waals surface area contributed by atoms with Gasteiger partial charge >= 0.3 is 0 Å². The number of carbonyl (C=O) groups is 1. The molecule has 0 spiro atoms. The average molecular weight is 169 g/mol. The summed E-state index contributed by atoms with van der Waals surface area (Å²) in [6.45, 7) is 1.21. The maximum Gasteiger partial charge on any atom is 0.135 e. The topological polar surface area (TPSA) is 69.9 Å². The van der Waals surface area contributed by atoms with Crippen molar-refractivity contribution in [2.24, 2.45) is 10.4 Å². The Morgan fingerprint density at radius 2 is 2.50 bits per heavy atom. The van der Waals surface area contributed by atoms with Gasteiger partial charge in [0.15, 0.2) is 0 Å². The predicted octanol–water partition coefficient (Wildman–Crippen LogP) is -0.487. The van der Waals surface area contributed by atoms with Crippen LogP contribution in [0.15, 0.2) is 17.3 Å². The van der Waals surface area contributed by atoms with E-state index in [2.05, 4.69) is 4.99 Å². The molecule has 0 aromatic heterocycles. The zero-order valence-corrected chi connectivity index (χ0v) is 6.77. The van der Waals surface area contributed by atoms with E-state index in [1.54, 1.807) is 6.92 Å². The van der Waals surface area contributed by atoms with Gasteiger partial charge in [-0.15, -0.1) is 0 Å². The zero-order valence-electron chi connectivity index (χ0n) is 6.77. The largest absolute Gasteiger partial charge is 0.395 e. The number of hydrogen-bond donors (Lipinski definition) is 2. The summed E-state index contributed by atoms with van der Waals surface area (Å²) in [5, 5.41) is 18.4. The third-order valence-corrected chi connectivity index (χ3v) is 2.06. The minimum Gasteiger partial charge on any atom is -0.395 e. The first-order chi connectivity index (χ1) is 5.66. The first-order valence-corrected chi connectivity index (χ1v) is 3.63. The molecule has 4 nitrogen and oxygen atoms in total. The van der Waals surface area contributed by atoms with E-state index in [-0.39, 0.29) is 0 Å². The lowest BCUT2D eigenvalue weighted by Gasteiger charge is -2.29. The number of aliphatic hydroxyl groups excluding tert-OH is 2. The molecule has 66 valence electrons. The van der Waals surface area contributed by atoms with Crippen LogP contribution in [-0.2, 0) is 4.79 Å². The number of hydrogen-bond acceptors (Lipinski definition) is 4. The fourth-order valence-electron chi connectivity index (χ4n) is 1.12. The van der Waals surface area contributed by atoms with Crippen molar-refractivity contribution in [3.63, 3.8) is 0 Å². The van der Waals surface area contributed by atoms with Gasteiger partial charge < -0.3 is 15.0 Å². The van der Waals surface area contributed by atoms with Crippen LogP contribution in [0.5, 0.6) is 0 Å². The van der Waals surface area contributed by atoms with E-state index >= 15 is 0 Å². The van der Waals surface area contributed by atoms with Gasteiger partial charge in [0.1, 0.15) is 12.4 Å². The SMILES string of the molecule is CC1=NC=CC(C=O)(CO)C1O. The lowest BCUT2D eigenvalue weighted by Crippen LogP contribution is -2.44. The van der Waals surface area contributed by atoms with Crippen molar-refractivity contribution in [2.75, 3.05) is 6.61 Å². The lowest BCUT2D eigenvalue weighted by molar-refractivity contribution is -0.119. The first kappa shape index (κ1) is 9.09. The minimum atomic E-state index is -1.19. The smallest absolute Gasteiger partial charge is 0.135 e. The van der Waals surface area contributed by atoms with E-state index in [4.69, 9.17) is 5.11 Å². The van der Waals surface area contributed by atoms with Crippen molar-refractivity contribution in [3.05, 3.63) is 12.3 Å². The molecular formula is C8H11NO3. The molecule has 0 aromatic rings. The molecular weight excluding hydrogens is 158 g/mol. The second kappa shape index (κ2) is 3.16. The van der Waals surface area contributed by atoms with Gasteiger partial charge in [-0.1, -0.05) is 0 Å². The van der Waals surface area contributed by atoms with Crippen LogP contribution in [0.1, 0.15) is 6.92 Å². The monoisotopic (exact) mass is 169 g/mol. The van der Waals surface area contributed by atoms with E-state index in [1.165, 1.54) is 12.3 Å². The maximum atomic E-state index is 10.6. The second-order valence-corrected chi connectivity index (χ2v) is 2.88. The molecule has 2 atom stereocenters. The van der Waals surface area contributed by atoms with Crippen LogP contribution < -0.4 is 0 Å². The van der Waals surface area contributed by atoms with Crippen LogP contribution in [-0.4, -0.2) is 34.9 Å². The fraction of sp³-hybridized carbons (Fsp3) is 0.500. The van der Waals surface area contributed by atoms with Crippen LogP contribution in [0.25, 0.3) is 0 Å². The predicted molar refractivity (Wildman–Crippen MR) is 43.8 cm³/mol. The molecule has 2 unspecified atom stereocenters. The average Bonchev–Trinajstić information content (AvgIpc) is 2.11. The van der Waals surface area contributed by atoms with Crippen molar-refractivity contribution in [1.82, 2.24) is 0 Å². The maximum absolute atomic E-state index is 10.6. The second-order valence-electron chi connectivity index (χ2n) is 2.88. The molecule has 4 heteroatoms. The number of carbonyl (C=O) groups excluding carboxylic acids is 1. The van der Waals surface area contributed by atoms with E-state index < -0.39 is 18.1 Å². The third-order valence-electron chi connectivity index (χ3n) is 2.06. The molecule has 0 saturated heterocycles. The number of nitrogens with zero attached hydrogens (tertiary/aromatic N) is 1. The molecule has 2 N–H and O–H groups in total. The molecule has 0 aliphatic carbocycles. The van der Waals surface area contributed by atoms with Gasteiger partial charge in [0.05, 0.1) is 12.0 Å². The number of aliphatic imine (C=N–C) groups is 1. The minimum absolute atomic E-state index is 0.402. The summed E-state index contributed by atoms with van der Waals surface area (Å²) < 4.78 is 0. The van der Waals surface area contributed by atoms with Gasteiger partial charge in [-0.05, 0) is 13.0 Å². The summed E-state index contributed by atoms with van der Waals surface area (Å²) in [4.78, 5) is 14.5. The number of aliphatic hydroxyl groups is 2. The normalized spacial score (nSPS) is 34.6. The fourth-order valence-corrected chi connectivity index (χ4v) is 1.12. The Morgan fingerprint density at radius 1 is 1.83 bits per heavy atom. The van der Waals surface area contributed by atoms with E-state index in [9.17, 15) is 9.90 Å². The number of rotatable bonds is 2. The van der Waals surface area contributed by atoms with Crippen LogP contribution in [0.3, 0.4) is 0 Å². The zero-order chi connectivity index (χ0) is 9.19. The summed E-state index contributed by atoms with van der Waals surface area (Å²) in [5.41, 5.74) is -0.745. The molecule has 0 saturated carbocycles. The lowest BCUT2D eigenvalue weighted by atomic mass is 9.81. The van der Waals surface area contributed by atoms with Gasteiger partial charge in [0, 0.05) is 11.9 Å². The Bertz CT molecular complexity index is 247. The van der Waals surface area contributed by atoms with Gasteiger partial charge in [-0.2, -0.15) is 0 Å². The van der Waals surface area contributed by atoms with E-state index in [1.807, 2.05) is 0 Å². The highest BCUT2D eigenvalue weighted by Gasteiger charge is 2.38. The van der Waals surface area contributed by atoms with Crippen molar-refractivity contribution in [1.29, 1.82) is 0 Å². The molecule has 1 aliphatic rings. The molecule has 1 heterocycles. The van der Waals surface area contributed by atoms with Crippen molar-refractivity contribution >= 4 is 12.0 Å². The van der Waals surface area contributed by atoms with Crippen molar-refractivity contribution in [2.45, 2.75) is 13.0 Å². The number of aldehydes is 1. The molecule has 1 rings (SSSR count). The summed E-state index contributed by atoms with van der Waals surface area (Å²) in [6.07, 6.45) is 2.38. The molecule has 0 bridgehead atoms. The quantitative estimate of drug-likeness (QED) is 0.548. The van der Waals surface area contributed by atoms with Gasteiger partial charge in [-0.3, -0.25) is 4.99 Å². The summed E-state index contributed by atoms with van der Waals surface area (Å²) in [6, 6.07) is 0. The van der Waals surface area contributed by atoms with Crippen molar-refractivity contribution < 1.29 is 15.0 Å². The summed E-state index contributed by atoms with van der Waals surface area (Å²) >= 11 is 0. The van der Waals surface area contributed by atoms with E-state index in [0.29, 0.717) is 12.0 Å². The van der Waals surface area contributed by atoms with Gasteiger partial charge in [0.25, 0.3) is 0 Å².